The van der Waals surface area contributed by atoms with Gasteiger partial charge >= 0.3 is 0 Å². The summed E-state index contributed by atoms with van der Waals surface area (Å²) in [6, 6.07) is 26.6. The van der Waals surface area contributed by atoms with Gasteiger partial charge in [-0.2, -0.15) is 5.10 Å². The Hall–Kier alpha value is -4.65. The van der Waals surface area contributed by atoms with E-state index in [4.69, 9.17) is 14.3 Å². The molecule has 2 heterocycles. The van der Waals surface area contributed by atoms with Crippen LogP contribution in [0.2, 0.25) is 0 Å². The minimum Gasteiger partial charge on any atom is -0.467 e. The molecule has 0 unspecified atom stereocenters. The van der Waals surface area contributed by atoms with E-state index >= 15 is 0 Å². The molecule has 0 aliphatic heterocycles. The number of carbonyl (C=O) groups is 1. The highest BCUT2D eigenvalue weighted by Gasteiger charge is 2.26. The molecule has 0 spiro atoms. The van der Waals surface area contributed by atoms with Gasteiger partial charge in [0, 0.05) is 5.56 Å². The van der Waals surface area contributed by atoms with Gasteiger partial charge in [0.2, 0.25) is 5.88 Å². The second-order valence-electron chi connectivity index (χ2n) is 8.99. The Morgan fingerprint density at radius 1 is 0.947 bits per heavy atom. The second kappa shape index (κ2) is 11.2. The van der Waals surface area contributed by atoms with Crippen LogP contribution in [0.1, 0.15) is 39.9 Å². The summed E-state index contributed by atoms with van der Waals surface area (Å²) in [6.45, 7) is 4.50. The van der Waals surface area contributed by atoms with E-state index in [1.54, 1.807) is 34.0 Å². The van der Waals surface area contributed by atoms with Crippen molar-refractivity contribution in [2.24, 2.45) is 0 Å². The Morgan fingerprint density at radius 3 is 2.34 bits per heavy atom. The van der Waals surface area contributed by atoms with Gasteiger partial charge < -0.3 is 14.1 Å². The van der Waals surface area contributed by atoms with E-state index in [2.05, 4.69) is 0 Å². The molecular formula is C31H28FN3O3. The fraction of sp³-hybridized carbons (Fsp3) is 0.161. The molecule has 1 amide bonds. The molecule has 5 aromatic rings. The zero-order chi connectivity index (χ0) is 26.5. The molecule has 0 aliphatic rings. The number of halogens is 1. The molecule has 0 atom stereocenters. The number of amides is 1. The van der Waals surface area contributed by atoms with E-state index < -0.39 is 0 Å². The Bertz CT molecular complexity index is 1490. The zero-order valence-corrected chi connectivity index (χ0v) is 21.3. The molecule has 0 fully saturated rings. The molecular weight excluding hydrogens is 481 g/mol. The van der Waals surface area contributed by atoms with Crippen LogP contribution in [0.15, 0.2) is 102 Å². The van der Waals surface area contributed by atoms with Crippen LogP contribution in [0.4, 0.5) is 4.39 Å². The van der Waals surface area contributed by atoms with Gasteiger partial charge in [-0.15, -0.1) is 0 Å². The van der Waals surface area contributed by atoms with Gasteiger partial charge in [0.1, 0.15) is 17.3 Å². The average Bonchev–Trinajstić information content (AvgIpc) is 3.57. The van der Waals surface area contributed by atoms with Gasteiger partial charge in [-0.25, -0.2) is 9.07 Å². The molecule has 2 aromatic heterocycles. The Balaban J connectivity index is 1.60. The number of rotatable bonds is 9. The SMILES string of the molecule is CCc1nn(-c2ccc(F)cc2)c(Oc2ccccc2)c1CN(Cc1ccco1)C(=O)c1ccc(C)cc1. The van der Waals surface area contributed by atoms with Gasteiger partial charge in [-0.1, -0.05) is 42.8 Å². The van der Waals surface area contributed by atoms with Crippen LogP contribution in [-0.2, 0) is 19.5 Å². The second-order valence-corrected chi connectivity index (χ2v) is 8.99. The Kier molecular flexibility index (Phi) is 7.35. The van der Waals surface area contributed by atoms with E-state index in [9.17, 15) is 9.18 Å². The fourth-order valence-electron chi connectivity index (χ4n) is 4.24. The lowest BCUT2D eigenvalue weighted by Gasteiger charge is -2.23. The van der Waals surface area contributed by atoms with Crippen LogP contribution < -0.4 is 4.74 Å². The number of aryl methyl sites for hydroxylation is 2. The minimum atomic E-state index is -0.337. The van der Waals surface area contributed by atoms with Crippen LogP contribution in [0.3, 0.4) is 0 Å². The number of aromatic nitrogens is 2. The minimum absolute atomic E-state index is 0.136. The topological polar surface area (TPSA) is 60.5 Å². The molecule has 0 bridgehead atoms. The molecule has 6 nitrogen and oxygen atoms in total. The molecule has 7 heteroatoms. The molecule has 3 aromatic carbocycles. The van der Waals surface area contributed by atoms with E-state index in [-0.39, 0.29) is 24.8 Å². The van der Waals surface area contributed by atoms with Crippen molar-refractivity contribution in [1.29, 1.82) is 0 Å². The third-order valence-electron chi connectivity index (χ3n) is 6.24. The monoisotopic (exact) mass is 509 g/mol. The number of nitrogens with zero attached hydrogens (tertiary/aromatic N) is 3. The number of benzene rings is 3. The molecule has 38 heavy (non-hydrogen) atoms. The summed E-state index contributed by atoms with van der Waals surface area (Å²) in [5.74, 6) is 1.29. The standard InChI is InChI=1S/C31H28FN3O3/c1-3-29-28(21-34(20-27-10-7-19-37-27)30(36)23-13-11-22(2)12-14-23)31(38-26-8-5-4-6-9-26)35(33-29)25-17-15-24(32)16-18-25/h4-19H,3,20-21H2,1-2H3. The molecule has 5 rings (SSSR count). The van der Waals surface area contributed by atoms with Crippen LogP contribution in [0.25, 0.3) is 5.69 Å². The summed E-state index contributed by atoms with van der Waals surface area (Å²) >= 11 is 0. The van der Waals surface area contributed by atoms with E-state index in [0.717, 1.165) is 16.8 Å². The smallest absolute Gasteiger partial charge is 0.254 e. The third kappa shape index (κ3) is 5.52. The van der Waals surface area contributed by atoms with Crippen LogP contribution in [-0.4, -0.2) is 20.6 Å². The zero-order valence-electron chi connectivity index (χ0n) is 21.3. The number of para-hydroxylation sites is 1. The number of hydrogen-bond acceptors (Lipinski definition) is 4. The van der Waals surface area contributed by atoms with Crippen molar-refractivity contribution in [1.82, 2.24) is 14.7 Å². The lowest BCUT2D eigenvalue weighted by atomic mass is 10.1. The molecule has 0 saturated carbocycles. The Morgan fingerprint density at radius 2 is 1.68 bits per heavy atom. The lowest BCUT2D eigenvalue weighted by Crippen LogP contribution is -2.30. The first kappa shape index (κ1) is 25.0. The summed E-state index contributed by atoms with van der Waals surface area (Å²) < 4.78 is 27.4. The van der Waals surface area contributed by atoms with E-state index in [0.29, 0.717) is 35.1 Å². The van der Waals surface area contributed by atoms with Crippen molar-refractivity contribution < 1.29 is 18.3 Å². The van der Waals surface area contributed by atoms with Crippen LogP contribution in [0, 0.1) is 12.7 Å². The highest BCUT2D eigenvalue weighted by molar-refractivity contribution is 5.94. The van der Waals surface area contributed by atoms with Crippen molar-refractivity contribution in [3.63, 3.8) is 0 Å². The van der Waals surface area contributed by atoms with Crippen molar-refractivity contribution in [2.45, 2.75) is 33.4 Å². The van der Waals surface area contributed by atoms with Crippen molar-refractivity contribution in [2.75, 3.05) is 0 Å². The summed E-state index contributed by atoms with van der Waals surface area (Å²) in [7, 11) is 0. The maximum Gasteiger partial charge on any atom is 0.254 e. The molecule has 192 valence electrons. The normalized spacial score (nSPS) is 10.9. The van der Waals surface area contributed by atoms with Gasteiger partial charge in [-0.3, -0.25) is 4.79 Å². The quantitative estimate of drug-likeness (QED) is 0.212. The van der Waals surface area contributed by atoms with Gasteiger partial charge in [0.25, 0.3) is 5.91 Å². The van der Waals surface area contributed by atoms with Gasteiger partial charge in [0.15, 0.2) is 0 Å². The van der Waals surface area contributed by atoms with Gasteiger partial charge in [-0.05, 0) is 74.0 Å². The highest BCUT2D eigenvalue weighted by atomic mass is 19.1. The number of ether oxygens (including phenoxy) is 1. The molecule has 0 aliphatic carbocycles. The van der Waals surface area contributed by atoms with E-state index in [1.807, 2.05) is 74.5 Å². The number of hydrogen-bond donors (Lipinski definition) is 0. The molecule has 0 N–H and O–H groups in total. The largest absolute Gasteiger partial charge is 0.467 e. The summed E-state index contributed by atoms with van der Waals surface area (Å²) in [5.41, 5.74) is 3.86. The van der Waals surface area contributed by atoms with Crippen LogP contribution in [0.5, 0.6) is 11.6 Å². The predicted molar refractivity (Wildman–Crippen MR) is 143 cm³/mol. The first-order valence-corrected chi connectivity index (χ1v) is 12.5. The van der Waals surface area contributed by atoms with Crippen molar-refractivity contribution in [3.05, 3.63) is 131 Å². The first-order chi connectivity index (χ1) is 18.5. The van der Waals surface area contributed by atoms with Crippen molar-refractivity contribution >= 4 is 5.91 Å². The summed E-state index contributed by atoms with van der Waals surface area (Å²) in [6.07, 6.45) is 2.21. The van der Waals surface area contributed by atoms with Gasteiger partial charge in [0.05, 0.1) is 36.3 Å². The number of furan rings is 1. The molecule has 0 saturated heterocycles. The predicted octanol–water partition coefficient (Wildman–Crippen LogP) is 7.11. The van der Waals surface area contributed by atoms with E-state index in [1.165, 1.54) is 12.1 Å². The Labute approximate surface area is 220 Å². The first-order valence-electron chi connectivity index (χ1n) is 12.5. The molecule has 0 radical (unpaired) electrons. The fourth-order valence-corrected chi connectivity index (χ4v) is 4.24. The maximum absolute atomic E-state index is 13.7. The number of carbonyl (C=O) groups excluding carboxylic acids is 1. The summed E-state index contributed by atoms with van der Waals surface area (Å²) in [4.78, 5) is 15.5. The third-order valence-corrected chi connectivity index (χ3v) is 6.24. The average molecular weight is 510 g/mol. The van der Waals surface area contributed by atoms with Crippen molar-refractivity contribution in [3.8, 4) is 17.3 Å². The maximum atomic E-state index is 13.7. The summed E-state index contributed by atoms with van der Waals surface area (Å²) in [5, 5.41) is 4.83. The highest BCUT2D eigenvalue weighted by Crippen LogP contribution is 2.33. The van der Waals surface area contributed by atoms with Crippen LogP contribution >= 0.6 is 0 Å². The lowest BCUT2D eigenvalue weighted by molar-refractivity contribution is 0.0716.